The van der Waals surface area contributed by atoms with E-state index in [1.165, 1.54) is 6.07 Å². The van der Waals surface area contributed by atoms with Crippen LogP contribution >= 0.6 is 0 Å². The van der Waals surface area contributed by atoms with Gasteiger partial charge in [-0.2, -0.15) is 0 Å². The van der Waals surface area contributed by atoms with E-state index in [0.29, 0.717) is 12.8 Å². The molecule has 0 saturated carbocycles. The molecule has 7 heteroatoms. The molecule has 0 spiro atoms. The Labute approximate surface area is 150 Å². The minimum absolute atomic E-state index is 0.0114. The third-order valence-corrected chi connectivity index (χ3v) is 4.36. The lowest BCUT2D eigenvalue weighted by Gasteiger charge is -2.16. The second-order valence-corrected chi connectivity index (χ2v) is 6.10. The number of aryl methyl sites for hydroxylation is 1. The van der Waals surface area contributed by atoms with Gasteiger partial charge in [-0.15, -0.1) is 0 Å². The van der Waals surface area contributed by atoms with E-state index in [-0.39, 0.29) is 29.5 Å². The number of hydrogen-bond acceptors (Lipinski definition) is 4. The fourth-order valence-electron chi connectivity index (χ4n) is 2.97. The molecule has 1 aromatic heterocycles. The molecule has 2 N–H and O–H groups in total. The molecule has 1 saturated heterocycles. The zero-order valence-electron chi connectivity index (χ0n) is 14.4. The van der Waals surface area contributed by atoms with Gasteiger partial charge in [-0.25, -0.2) is 4.79 Å². The average molecular weight is 356 g/mol. The van der Waals surface area contributed by atoms with Crippen molar-refractivity contribution in [2.45, 2.75) is 32.7 Å². The summed E-state index contributed by atoms with van der Waals surface area (Å²) >= 11 is 0. The Morgan fingerprint density at radius 3 is 2.54 bits per heavy atom. The van der Waals surface area contributed by atoms with Gasteiger partial charge in [0.25, 0.3) is 5.91 Å². The molecule has 1 aromatic carbocycles. The number of hydrogen-bond donors (Lipinski definition) is 2. The third-order valence-electron chi connectivity index (χ3n) is 4.36. The highest BCUT2D eigenvalue weighted by Crippen LogP contribution is 2.21. The van der Waals surface area contributed by atoms with Gasteiger partial charge < -0.3 is 19.7 Å². The van der Waals surface area contributed by atoms with Gasteiger partial charge in [0.15, 0.2) is 5.76 Å². The molecule has 0 unspecified atom stereocenters. The van der Waals surface area contributed by atoms with E-state index in [0.717, 1.165) is 24.2 Å². The molecule has 3 rings (SSSR count). The summed E-state index contributed by atoms with van der Waals surface area (Å²) in [6.07, 6.45) is 1.85. The summed E-state index contributed by atoms with van der Waals surface area (Å²) in [7, 11) is 0. The average Bonchev–Trinajstić information content (AvgIpc) is 3.26. The van der Waals surface area contributed by atoms with E-state index in [4.69, 9.17) is 9.52 Å². The standard InChI is InChI=1S/C19H20N2O5/c1-2-15-14(19(24)25)10-16(26-15)18(23)20-11-12-5-7-13(8-6-12)21-9-3-4-17(21)22/h5-8,10H,2-4,9,11H2,1H3,(H,20,23)(H,24,25). The summed E-state index contributed by atoms with van der Waals surface area (Å²) in [5.41, 5.74) is 1.74. The minimum Gasteiger partial charge on any atom is -0.478 e. The first-order valence-corrected chi connectivity index (χ1v) is 8.53. The van der Waals surface area contributed by atoms with Crippen molar-refractivity contribution in [2.24, 2.45) is 0 Å². The smallest absolute Gasteiger partial charge is 0.339 e. The molecule has 2 heterocycles. The molecule has 136 valence electrons. The summed E-state index contributed by atoms with van der Waals surface area (Å²) in [6.45, 7) is 2.77. The zero-order chi connectivity index (χ0) is 18.7. The first-order chi connectivity index (χ1) is 12.5. The predicted molar refractivity (Wildman–Crippen MR) is 94.2 cm³/mol. The highest BCUT2D eigenvalue weighted by atomic mass is 16.4. The Morgan fingerprint density at radius 2 is 2.00 bits per heavy atom. The first-order valence-electron chi connectivity index (χ1n) is 8.53. The second-order valence-electron chi connectivity index (χ2n) is 6.10. The van der Waals surface area contributed by atoms with Gasteiger partial charge in [0, 0.05) is 37.7 Å². The normalized spacial score (nSPS) is 13.9. The van der Waals surface area contributed by atoms with Gasteiger partial charge in [-0.3, -0.25) is 9.59 Å². The zero-order valence-corrected chi connectivity index (χ0v) is 14.4. The third kappa shape index (κ3) is 3.61. The van der Waals surface area contributed by atoms with Crippen LogP contribution in [0, 0.1) is 0 Å². The Kier molecular flexibility index (Phi) is 5.06. The number of furan rings is 1. The van der Waals surface area contributed by atoms with E-state index in [1.54, 1.807) is 11.8 Å². The quantitative estimate of drug-likeness (QED) is 0.829. The summed E-state index contributed by atoms with van der Waals surface area (Å²) in [5, 5.41) is 11.8. The van der Waals surface area contributed by atoms with Crippen LogP contribution in [0.15, 0.2) is 34.7 Å². The Bertz CT molecular complexity index is 838. The topological polar surface area (TPSA) is 99.9 Å². The molecule has 0 radical (unpaired) electrons. The lowest BCUT2D eigenvalue weighted by molar-refractivity contribution is -0.117. The van der Waals surface area contributed by atoms with Crippen molar-refractivity contribution < 1.29 is 23.9 Å². The van der Waals surface area contributed by atoms with Crippen LogP contribution in [0.2, 0.25) is 0 Å². The van der Waals surface area contributed by atoms with Crippen LogP contribution in [-0.2, 0) is 17.8 Å². The fraction of sp³-hybridized carbons (Fsp3) is 0.316. The van der Waals surface area contributed by atoms with Crippen LogP contribution in [0.4, 0.5) is 5.69 Å². The molecule has 2 aromatic rings. The van der Waals surface area contributed by atoms with Gasteiger partial charge in [-0.05, 0) is 24.1 Å². The largest absolute Gasteiger partial charge is 0.478 e. The molecule has 0 atom stereocenters. The number of carbonyl (C=O) groups is 3. The Morgan fingerprint density at radius 1 is 1.27 bits per heavy atom. The molecule has 7 nitrogen and oxygen atoms in total. The number of amides is 2. The highest BCUT2D eigenvalue weighted by molar-refractivity contribution is 5.96. The minimum atomic E-state index is -1.11. The molecule has 0 aliphatic carbocycles. The number of aromatic carboxylic acids is 1. The number of nitrogens with one attached hydrogen (secondary N) is 1. The van der Waals surface area contributed by atoms with Gasteiger partial charge in [0.05, 0.1) is 0 Å². The maximum atomic E-state index is 12.2. The lowest BCUT2D eigenvalue weighted by atomic mass is 10.2. The number of carbonyl (C=O) groups excluding carboxylic acids is 2. The number of carboxylic acid groups (broad SMARTS) is 1. The molecule has 1 aliphatic heterocycles. The van der Waals surface area contributed by atoms with E-state index in [2.05, 4.69) is 5.32 Å². The predicted octanol–water partition coefficient (Wildman–Crippen LogP) is 2.60. The number of nitrogens with zero attached hydrogens (tertiary/aromatic N) is 1. The van der Waals surface area contributed by atoms with Gasteiger partial charge >= 0.3 is 5.97 Å². The molecular weight excluding hydrogens is 336 g/mol. The van der Waals surface area contributed by atoms with Crippen LogP contribution in [-0.4, -0.2) is 29.4 Å². The van der Waals surface area contributed by atoms with Crippen molar-refractivity contribution in [3.05, 3.63) is 53.0 Å². The van der Waals surface area contributed by atoms with Crippen LogP contribution in [0.25, 0.3) is 0 Å². The van der Waals surface area contributed by atoms with Crippen molar-refractivity contribution in [1.82, 2.24) is 5.32 Å². The van der Waals surface area contributed by atoms with Crippen molar-refractivity contribution in [1.29, 1.82) is 0 Å². The van der Waals surface area contributed by atoms with Gasteiger partial charge in [-0.1, -0.05) is 19.1 Å². The van der Waals surface area contributed by atoms with Crippen molar-refractivity contribution in [2.75, 3.05) is 11.4 Å². The first kappa shape index (κ1) is 17.7. The second kappa shape index (κ2) is 7.43. The van der Waals surface area contributed by atoms with Crippen molar-refractivity contribution in [3.63, 3.8) is 0 Å². The fourth-order valence-corrected chi connectivity index (χ4v) is 2.97. The molecule has 1 aliphatic rings. The molecular formula is C19H20N2O5. The maximum absolute atomic E-state index is 12.2. The summed E-state index contributed by atoms with van der Waals surface area (Å²) < 4.78 is 5.34. The number of anilines is 1. The van der Waals surface area contributed by atoms with Crippen molar-refractivity contribution >= 4 is 23.5 Å². The molecule has 0 bridgehead atoms. The van der Waals surface area contributed by atoms with E-state index < -0.39 is 11.9 Å². The summed E-state index contributed by atoms with van der Waals surface area (Å²) in [6, 6.07) is 8.66. The number of benzene rings is 1. The van der Waals surface area contributed by atoms with Crippen LogP contribution in [0.3, 0.4) is 0 Å². The van der Waals surface area contributed by atoms with Crippen LogP contribution in [0.1, 0.15) is 52.0 Å². The van der Waals surface area contributed by atoms with E-state index >= 15 is 0 Å². The number of rotatable bonds is 6. The Hall–Kier alpha value is -3.09. The molecule has 1 fully saturated rings. The van der Waals surface area contributed by atoms with Gasteiger partial charge in [0.2, 0.25) is 5.91 Å². The van der Waals surface area contributed by atoms with Crippen LogP contribution < -0.4 is 10.2 Å². The van der Waals surface area contributed by atoms with E-state index in [9.17, 15) is 14.4 Å². The maximum Gasteiger partial charge on any atom is 0.339 e. The Balaban J connectivity index is 1.62. The molecule has 2 amide bonds. The van der Waals surface area contributed by atoms with Gasteiger partial charge in [0.1, 0.15) is 11.3 Å². The summed E-state index contributed by atoms with van der Waals surface area (Å²) in [4.78, 5) is 36.8. The SMILES string of the molecule is CCc1oc(C(=O)NCc2ccc(N3CCCC3=O)cc2)cc1C(=O)O. The van der Waals surface area contributed by atoms with Crippen LogP contribution in [0.5, 0.6) is 0 Å². The van der Waals surface area contributed by atoms with Crippen molar-refractivity contribution in [3.8, 4) is 0 Å². The molecule has 26 heavy (non-hydrogen) atoms. The lowest BCUT2D eigenvalue weighted by Crippen LogP contribution is -2.24. The monoisotopic (exact) mass is 356 g/mol. The number of carboxylic acids is 1. The summed E-state index contributed by atoms with van der Waals surface area (Å²) in [5.74, 6) is -1.19. The highest BCUT2D eigenvalue weighted by Gasteiger charge is 2.22. The van der Waals surface area contributed by atoms with E-state index in [1.807, 2.05) is 24.3 Å².